The minimum atomic E-state index is 0.705. The molecule has 2 unspecified atom stereocenters. The Hall–Kier alpha value is -1.71. The first kappa shape index (κ1) is 9.51. The van der Waals surface area contributed by atoms with Gasteiger partial charge in [-0.1, -0.05) is 6.92 Å². The van der Waals surface area contributed by atoms with E-state index in [-0.39, 0.29) is 0 Å². The SMILES string of the molecule is CC1CC1CNc1ccc2nccnc2n1. The molecular formula is C12H14N4. The number of fused-ring (bicyclic) bond motifs is 1. The maximum absolute atomic E-state index is 4.42. The predicted octanol–water partition coefficient (Wildman–Crippen LogP) is 2.09. The number of rotatable bonds is 3. The number of hydrogen-bond donors (Lipinski definition) is 1. The van der Waals surface area contributed by atoms with Crippen molar-refractivity contribution in [2.75, 3.05) is 11.9 Å². The van der Waals surface area contributed by atoms with Gasteiger partial charge in [-0.15, -0.1) is 0 Å². The zero-order valence-corrected chi connectivity index (χ0v) is 9.22. The molecule has 1 aliphatic rings. The summed E-state index contributed by atoms with van der Waals surface area (Å²) in [4.78, 5) is 12.8. The molecular weight excluding hydrogens is 200 g/mol. The zero-order valence-electron chi connectivity index (χ0n) is 9.22. The van der Waals surface area contributed by atoms with Crippen molar-refractivity contribution in [2.24, 2.45) is 11.8 Å². The summed E-state index contributed by atoms with van der Waals surface area (Å²) in [6, 6.07) is 3.91. The average molecular weight is 214 g/mol. The summed E-state index contributed by atoms with van der Waals surface area (Å²) in [7, 11) is 0. The van der Waals surface area contributed by atoms with E-state index in [2.05, 4.69) is 27.2 Å². The molecule has 3 rings (SSSR count). The molecule has 1 fully saturated rings. The van der Waals surface area contributed by atoms with Crippen LogP contribution in [0.4, 0.5) is 5.82 Å². The lowest BCUT2D eigenvalue weighted by atomic mass is 10.3. The Bertz CT molecular complexity index is 511. The molecule has 0 aromatic carbocycles. The fraction of sp³-hybridized carbons (Fsp3) is 0.417. The lowest BCUT2D eigenvalue weighted by Crippen LogP contribution is -2.06. The van der Waals surface area contributed by atoms with Gasteiger partial charge in [0.05, 0.1) is 0 Å². The Balaban J connectivity index is 1.77. The van der Waals surface area contributed by atoms with Gasteiger partial charge >= 0.3 is 0 Å². The smallest absolute Gasteiger partial charge is 0.180 e. The summed E-state index contributed by atoms with van der Waals surface area (Å²) in [6.07, 6.45) is 4.69. The van der Waals surface area contributed by atoms with Crippen LogP contribution in [0.25, 0.3) is 11.2 Å². The summed E-state index contributed by atoms with van der Waals surface area (Å²) in [5.41, 5.74) is 1.55. The lowest BCUT2D eigenvalue weighted by molar-refractivity contribution is 0.785. The number of hydrogen-bond acceptors (Lipinski definition) is 4. The molecule has 4 nitrogen and oxygen atoms in total. The largest absolute Gasteiger partial charge is 0.370 e. The summed E-state index contributed by atoms with van der Waals surface area (Å²) in [5.74, 6) is 2.58. The highest BCUT2D eigenvalue weighted by Gasteiger charge is 2.31. The highest BCUT2D eigenvalue weighted by Crippen LogP contribution is 2.37. The second kappa shape index (κ2) is 3.70. The van der Waals surface area contributed by atoms with Crippen LogP contribution < -0.4 is 5.32 Å². The Kier molecular flexibility index (Phi) is 2.20. The maximum atomic E-state index is 4.42. The topological polar surface area (TPSA) is 50.7 Å². The van der Waals surface area contributed by atoms with Crippen molar-refractivity contribution < 1.29 is 0 Å². The van der Waals surface area contributed by atoms with Crippen molar-refractivity contribution in [3.8, 4) is 0 Å². The van der Waals surface area contributed by atoms with Crippen molar-refractivity contribution >= 4 is 17.0 Å². The van der Waals surface area contributed by atoms with Gasteiger partial charge in [0.2, 0.25) is 0 Å². The highest BCUT2D eigenvalue weighted by atomic mass is 15.0. The molecule has 0 amide bonds. The first-order valence-electron chi connectivity index (χ1n) is 5.64. The molecule has 0 spiro atoms. The number of anilines is 1. The van der Waals surface area contributed by atoms with Crippen LogP contribution in [0.2, 0.25) is 0 Å². The lowest BCUT2D eigenvalue weighted by Gasteiger charge is -2.04. The normalized spacial score (nSPS) is 23.3. The molecule has 1 aliphatic carbocycles. The number of aromatic nitrogens is 3. The third-order valence-electron chi connectivity index (χ3n) is 3.15. The molecule has 2 heterocycles. The van der Waals surface area contributed by atoms with Gasteiger partial charge < -0.3 is 5.32 Å². The standard InChI is InChI=1S/C12H14N4/c1-8-6-9(8)7-15-11-3-2-10-12(16-11)14-5-4-13-10/h2-5,8-9H,6-7H2,1H3,(H,14,15,16). The van der Waals surface area contributed by atoms with E-state index in [0.717, 1.165) is 29.7 Å². The van der Waals surface area contributed by atoms with Crippen molar-refractivity contribution in [1.29, 1.82) is 0 Å². The first-order valence-corrected chi connectivity index (χ1v) is 5.64. The number of pyridine rings is 1. The molecule has 1 N–H and O–H groups in total. The van der Waals surface area contributed by atoms with E-state index in [4.69, 9.17) is 0 Å². The summed E-state index contributed by atoms with van der Waals surface area (Å²) in [5, 5.41) is 3.35. The Morgan fingerprint density at radius 1 is 1.31 bits per heavy atom. The first-order chi connectivity index (χ1) is 7.83. The molecule has 2 atom stereocenters. The van der Waals surface area contributed by atoms with Gasteiger partial charge in [-0.2, -0.15) is 0 Å². The van der Waals surface area contributed by atoms with Gasteiger partial charge in [0.1, 0.15) is 11.3 Å². The van der Waals surface area contributed by atoms with E-state index < -0.39 is 0 Å². The van der Waals surface area contributed by atoms with Crippen molar-refractivity contribution in [3.05, 3.63) is 24.5 Å². The highest BCUT2D eigenvalue weighted by molar-refractivity contribution is 5.71. The van der Waals surface area contributed by atoms with Gasteiger partial charge in [0, 0.05) is 18.9 Å². The van der Waals surface area contributed by atoms with Gasteiger partial charge in [0.25, 0.3) is 0 Å². The molecule has 2 aromatic heterocycles. The monoisotopic (exact) mass is 214 g/mol. The molecule has 0 radical (unpaired) electrons. The van der Waals surface area contributed by atoms with Crippen LogP contribution in [0.3, 0.4) is 0 Å². The van der Waals surface area contributed by atoms with Crippen LogP contribution >= 0.6 is 0 Å². The van der Waals surface area contributed by atoms with E-state index in [1.165, 1.54) is 6.42 Å². The van der Waals surface area contributed by atoms with E-state index in [9.17, 15) is 0 Å². The number of nitrogens with zero attached hydrogens (tertiary/aromatic N) is 3. The van der Waals surface area contributed by atoms with E-state index in [1.54, 1.807) is 12.4 Å². The zero-order chi connectivity index (χ0) is 11.0. The summed E-state index contributed by atoms with van der Waals surface area (Å²) >= 11 is 0. The van der Waals surface area contributed by atoms with Crippen molar-refractivity contribution in [3.63, 3.8) is 0 Å². The molecule has 82 valence electrons. The van der Waals surface area contributed by atoms with Gasteiger partial charge in [-0.05, 0) is 30.4 Å². The maximum Gasteiger partial charge on any atom is 0.180 e. The number of nitrogens with one attached hydrogen (secondary N) is 1. The third kappa shape index (κ3) is 1.83. The fourth-order valence-electron chi connectivity index (χ4n) is 1.87. The summed E-state index contributed by atoms with van der Waals surface area (Å²) in [6.45, 7) is 3.30. The van der Waals surface area contributed by atoms with Crippen molar-refractivity contribution in [1.82, 2.24) is 15.0 Å². The molecule has 0 aliphatic heterocycles. The Morgan fingerprint density at radius 2 is 2.12 bits per heavy atom. The minimum absolute atomic E-state index is 0.705. The predicted molar refractivity (Wildman–Crippen MR) is 63.1 cm³/mol. The van der Waals surface area contributed by atoms with E-state index in [1.807, 2.05) is 12.1 Å². The minimum Gasteiger partial charge on any atom is -0.370 e. The molecule has 16 heavy (non-hydrogen) atoms. The van der Waals surface area contributed by atoms with Gasteiger partial charge in [-0.25, -0.2) is 9.97 Å². The summed E-state index contributed by atoms with van der Waals surface area (Å²) < 4.78 is 0. The van der Waals surface area contributed by atoms with Crippen LogP contribution in [0.1, 0.15) is 13.3 Å². The van der Waals surface area contributed by atoms with Crippen LogP contribution in [0.15, 0.2) is 24.5 Å². The second-order valence-electron chi connectivity index (χ2n) is 4.45. The van der Waals surface area contributed by atoms with Gasteiger partial charge in [0.15, 0.2) is 5.65 Å². The van der Waals surface area contributed by atoms with E-state index >= 15 is 0 Å². The molecule has 1 saturated carbocycles. The third-order valence-corrected chi connectivity index (χ3v) is 3.15. The molecule has 2 aromatic rings. The van der Waals surface area contributed by atoms with Crippen LogP contribution in [0, 0.1) is 11.8 Å². The quantitative estimate of drug-likeness (QED) is 0.850. The molecule has 0 bridgehead atoms. The van der Waals surface area contributed by atoms with Crippen LogP contribution in [-0.4, -0.2) is 21.5 Å². The van der Waals surface area contributed by atoms with Crippen LogP contribution in [0.5, 0.6) is 0 Å². The van der Waals surface area contributed by atoms with Crippen molar-refractivity contribution in [2.45, 2.75) is 13.3 Å². The Morgan fingerprint density at radius 3 is 2.94 bits per heavy atom. The average Bonchev–Trinajstić information content (AvgIpc) is 3.03. The Labute approximate surface area is 94.1 Å². The second-order valence-corrected chi connectivity index (χ2v) is 4.45. The fourth-order valence-corrected chi connectivity index (χ4v) is 1.87. The van der Waals surface area contributed by atoms with E-state index in [0.29, 0.717) is 5.65 Å². The van der Waals surface area contributed by atoms with Gasteiger partial charge in [-0.3, -0.25) is 4.98 Å². The molecule has 4 heteroatoms. The van der Waals surface area contributed by atoms with Crippen LogP contribution in [-0.2, 0) is 0 Å². The molecule has 0 saturated heterocycles.